The van der Waals surface area contributed by atoms with Gasteiger partial charge in [-0.15, -0.1) is 23.4 Å². The molecule has 0 aromatic heterocycles. The molecule has 1 aromatic carbocycles. The predicted octanol–water partition coefficient (Wildman–Crippen LogP) is 4.48. The number of halogens is 1. The summed E-state index contributed by atoms with van der Waals surface area (Å²) < 4.78 is 0. The van der Waals surface area contributed by atoms with Crippen LogP contribution in [0.5, 0.6) is 0 Å². The first-order chi connectivity index (χ1) is 9.81. The Labute approximate surface area is 131 Å². The van der Waals surface area contributed by atoms with Crippen LogP contribution in [0.25, 0.3) is 0 Å². The van der Waals surface area contributed by atoms with Crippen molar-refractivity contribution in [2.75, 3.05) is 19.0 Å². The number of rotatable bonds is 5. The van der Waals surface area contributed by atoms with E-state index in [0.717, 1.165) is 19.0 Å². The summed E-state index contributed by atoms with van der Waals surface area (Å²) in [6, 6.07) is 8.82. The fourth-order valence-corrected chi connectivity index (χ4v) is 5.17. The van der Waals surface area contributed by atoms with Crippen molar-refractivity contribution in [1.82, 2.24) is 5.32 Å². The topological polar surface area (TPSA) is 12.0 Å². The van der Waals surface area contributed by atoms with E-state index < -0.39 is 0 Å². The van der Waals surface area contributed by atoms with E-state index in [0.29, 0.717) is 10.7 Å². The maximum Gasteiger partial charge on any atom is 0.0292 e. The largest absolute Gasteiger partial charge is 0.315 e. The van der Waals surface area contributed by atoms with E-state index >= 15 is 0 Å². The van der Waals surface area contributed by atoms with Gasteiger partial charge in [-0.2, -0.15) is 0 Å². The molecule has 1 heterocycles. The predicted molar refractivity (Wildman–Crippen MR) is 88.9 cm³/mol. The SMILES string of the molecule is ClCC1(CNCC2Cc3ccccc3S2)CCCCC1. The summed E-state index contributed by atoms with van der Waals surface area (Å²) >= 11 is 8.29. The Morgan fingerprint density at radius 1 is 1.20 bits per heavy atom. The highest BCUT2D eigenvalue weighted by atomic mass is 35.5. The van der Waals surface area contributed by atoms with Gasteiger partial charge in [0.1, 0.15) is 0 Å². The molecule has 1 saturated carbocycles. The van der Waals surface area contributed by atoms with E-state index in [1.165, 1.54) is 49.0 Å². The highest BCUT2D eigenvalue weighted by Gasteiger charge is 2.31. The van der Waals surface area contributed by atoms with Gasteiger partial charge < -0.3 is 5.32 Å². The van der Waals surface area contributed by atoms with Crippen molar-refractivity contribution in [2.24, 2.45) is 5.41 Å². The number of hydrogen-bond donors (Lipinski definition) is 1. The van der Waals surface area contributed by atoms with Crippen molar-refractivity contribution in [3.05, 3.63) is 29.8 Å². The Bertz CT molecular complexity index is 417. The van der Waals surface area contributed by atoms with Crippen molar-refractivity contribution >= 4 is 23.4 Å². The van der Waals surface area contributed by atoms with Crippen LogP contribution in [-0.4, -0.2) is 24.2 Å². The highest BCUT2D eigenvalue weighted by molar-refractivity contribution is 8.00. The fourth-order valence-electron chi connectivity index (χ4n) is 3.53. The maximum absolute atomic E-state index is 6.26. The van der Waals surface area contributed by atoms with Crippen LogP contribution in [-0.2, 0) is 6.42 Å². The fraction of sp³-hybridized carbons (Fsp3) is 0.647. The first kappa shape index (κ1) is 14.7. The molecule has 0 spiro atoms. The van der Waals surface area contributed by atoms with Crippen molar-refractivity contribution in [3.63, 3.8) is 0 Å². The van der Waals surface area contributed by atoms with Gasteiger partial charge in [0, 0.05) is 29.1 Å². The van der Waals surface area contributed by atoms with Gasteiger partial charge in [0.05, 0.1) is 0 Å². The zero-order valence-corrected chi connectivity index (χ0v) is 13.6. The van der Waals surface area contributed by atoms with Gasteiger partial charge in [0.15, 0.2) is 0 Å². The molecule has 1 aliphatic heterocycles. The lowest BCUT2D eigenvalue weighted by atomic mass is 9.75. The molecule has 0 bridgehead atoms. The number of benzene rings is 1. The van der Waals surface area contributed by atoms with Crippen molar-refractivity contribution in [3.8, 4) is 0 Å². The van der Waals surface area contributed by atoms with E-state index in [1.807, 2.05) is 11.8 Å². The molecule has 1 aliphatic carbocycles. The Hall–Kier alpha value is -0.180. The van der Waals surface area contributed by atoms with Crippen LogP contribution in [0.15, 0.2) is 29.2 Å². The van der Waals surface area contributed by atoms with Crippen molar-refractivity contribution in [1.29, 1.82) is 0 Å². The van der Waals surface area contributed by atoms with Gasteiger partial charge in [-0.25, -0.2) is 0 Å². The summed E-state index contributed by atoms with van der Waals surface area (Å²) in [6.45, 7) is 2.21. The van der Waals surface area contributed by atoms with E-state index in [-0.39, 0.29) is 0 Å². The van der Waals surface area contributed by atoms with Crippen LogP contribution in [0.2, 0.25) is 0 Å². The number of hydrogen-bond acceptors (Lipinski definition) is 2. The lowest BCUT2D eigenvalue weighted by Crippen LogP contribution is -2.39. The summed E-state index contributed by atoms with van der Waals surface area (Å²) in [7, 11) is 0. The van der Waals surface area contributed by atoms with Crippen molar-refractivity contribution < 1.29 is 0 Å². The summed E-state index contributed by atoms with van der Waals surface area (Å²) in [5.74, 6) is 0.817. The Balaban J connectivity index is 1.47. The molecule has 1 unspecified atom stereocenters. The zero-order valence-electron chi connectivity index (χ0n) is 12.0. The van der Waals surface area contributed by atoms with Gasteiger partial charge in [-0.05, 0) is 36.3 Å². The quantitative estimate of drug-likeness (QED) is 0.805. The molecule has 0 radical (unpaired) electrons. The Morgan fingerprint density at radius 3 is 2.75 bits per heavy atom. The van der Waals surface area contributed by atoms with E-state index in [4.69, 9.17) is 11.6 Å². The van der Waals surface area contributed by atoms with Gasteiger partial charge >= 0.3 is 0 Å². The zero-order chi connectivity index (χ0) is 13.8. The monoisotopic (exact) mass is 309 g/mol. The average Bonchev–Trinajstić information content (AvgIpc) is 2.91. The molecule has 1 aromatic rings. The molecule has 0 saturated heterocycles. The van der Waals surface area contributed by atoms with Gasteiger partial charge in [-0.1, -0.05) is 37.5 Å². The van der Waals surface area contributed by atoms with Crippen LogP contribution >= 0.6 is 23.4 Å². The standard InChI is InChI=1S/C17H24ClNS/c18-12-17(8-4-1-5-9-17)13-19-11-15-10-14-6-2-3-7-16(14)20-15/h2-3,6-7,15,19H,1,4-5,8-13H2. The molecular formula is C17H24ClNS. The summed E-state index contributed by atoms with van der Waals surface area (Å²) in [5, 5.41) is 4.42. The molecule has 1 fully saturated rings. The first-order valence-electron chi connectivity index (χ1n) is 7.83. The molecular weight excluding hydrogens is 286 g/mol. The minimum atomic E-state index is 0.371. The maximum atomic E-state index is 6.26. The molecule has 1 atom stereocenters. The molecule has 3 heteroatoms. The molecule has 0 amide bonds. The molecule has 1 N–H and O–H groups in total. The third-order valence-electron chi connectivity index (χ3n) is 4.78. The number of nitrogens with one attached hydrogen (secondary N) is 1. The van der Waals surface area contributed by atoms with E-state index in [1.54, 1.807) is 0 Å². The van der Waals surface area contributed by atoms with Crippen LogP contribution in [0.4, 0.5) is 0 Å². The Kier molecular flexibility index (Phi) is 4.95. The third kappa shape index (κ3) is 3.35. The van der Waals surface area contributed by atoms with Gasteiger partial charge in [0.25, 0.3) is 0 Å². The summed E-state index contributed by atoms with van der Waals surface area (Å²) in [4.78, 5) is 1.48. The van der Waals surface area contributed by atoms with Crippen LogP contribution in [0.1, 0.15) is 37.7 Å². The van der Waals surface area contributed by atoms with Crippen LogP contribution in [0, 0.1) is 5.41 Å². The highest BCUT2D eigenvalue weighted by Crippen LogP contribution is 2.38. The first-order valence-corrected chi connectivity index (χ1v) is 9.24. The lowest BCUT2D eigenvalue weighted by Gasteiger charge is -2.36. The van der Waals surface area contributed by atoms with E-state index in [9.17, 15) is 0 Å². The number of alkyl halides is 1. The summed E-state index contributed by atoms with van der Waals surface area (Å²) in [6.07, 6.45) is 7.94. The second-order valence-electron chi connectivity index (χ2n) is 6.38. The molecule has 2 aliphatic rings. The van der Waals surface area contributed by atoms with Crippen molar-refractivity contribution in [2.45, 2.75) is 48.7 Å². The second kappa shape index (κ2) is 6.72. The second-order valence-corrected chi connectivity index (χ2v) is 7.99. The number of fused-ring (bicyclic) bond motifs is 1. The minimum absolute atomic E-state index is 0.371. The smallest absolute Gasteiger partial charge is 0.0292 e. The lowest BCUT2D eigenvalue weighted by molar-refractivity contribution is 0.213. The summed E-state index contributed by atoms with van der Waals surface area (Å²) in [5.41, 5.74) is 1.89. The van der Waals surface area contributed by atoms with Gasteiger partial charge in [0.2, 0.25) is 0 Å². The van der Waals surface area contributed by atoms with Gasteiger partial charge in [-0.3, -0.25) is 0 Å². The normalized spacial score (nSPS) is 24.6. The Morgan fingerprint density at radius 2 is 2.00 bits per heavy atom. The number of thioether (sulfide) groups is 1. The third-order valence-corrected chi connectivity index (χ3v) is 6.67. The minimum Gasteiger partial charge on any atom is -0.315 e. The molecule has 1 nitrogen and oxygen atoms in total. The molecule has 20 heavy (non-hydrogen) atoms. The molecule has 110 valence electrons. The average molecular weight is 310 g/mol. The van der Waals surface area contributed by atoms with Crippen LogP contribution in [0.3, 0.4) is 0 Å². The van der Waals surface area contributed by atoms with Crippen LogP contribution < -0.4 is 5.32 Å². The molecule has 3 rings (SSSR count). The van der Waals surface area contributed by atoms with E-state index in [2.05, 4.69) is 29.6 Å².